The Labute approximate surface area is 165 Å². The van der Waals surface area contributed by atoms with E-state index in [2.05, 4.69) is 5.32 Å². The van der Waals surface area contributed by atoms with Gasteiger partial charge >= 0.3 is 0 Å². The Morgan fingerprint density at radius 3 is 2.44 bits per heavy atom. The molecule has 0 saturated carbocycles. The minimum Gasteiger partial charge on any atom is -0.326 e. The van der Waals surface area contributed by atoms with E-state index in [0.717, 1.165) is 11.3 Å². The van der Waals surface area contributed by atoms with Crippen LogP contribution in [0.15, 0.2) is 48.5 Å². The van der Waals surface area contributed by atoms with Crippen molar-refractivity contribution in [3.05, 3.63) is 64.7 Å². The highest BCUT2D eigenvalue weighted by molar-refractivity contribution is 7.88. The molecule has 1 saturated heterocycles. The lowest BCUT2D eigenvalue weighted by atomic mass is 9.97. The number of hydrogen-bond acceptors (Lipinski definition) is 3. The number of nitrogens with one attached hydrogen (secondary N) is 1. The monoisotopic (exact) mass is 406 g/mol. The van der Waals surface area contributed by atoms with Crippen molar-refractivity contribution in [2.75, 3.05) is 18.4 Å². The second-order valence-corrected chi connectivity index (χ2v) is 9.32. The molecule has 0 bridgehead atoms. The third kappa shape index (κ3) is 5.31. The van der Waals surface area contributed by atoms with Gasteiger partial charge in [-0.15, -0.1) is 0 Å². The standard InChI is InChI=1S/C20H23ClN2O3S/c1-15-3-2-4-19(13-15)22-20(24)17-9-11-23(12-10-17)27(25,26)14-16-5-7-18(21)8-6-16/h2-8,13,17H,9-12,14H2,1H3,(H,22,24). The average Bonchev–Trinajstić information content (AvgIpc) is 2.63. The quantitative estimate of drug-likeness (QED) is 0.820. The van der Waals surface area contributed by atoms with E-state index in [1.807, 2.05) is 31.2 Å². The van der Waals surface area contributed by atoms with Crippen molar-refractivity contribution < 1.29 is 13.2 Å². The lowest BCUT2D eigenvalue weighted by Gasteiger charge is -2.30. The van der Waals surface area contributed by atoms with E-state index in [-0.39, 0.29) is 17.6 Å². The molecule has 2 aromatic carbocycles. The number of halogens is 1. The Kier molecular flexibility index (Phi) is 6.19. The largest absolute Gasteiger partial charge is 0.326 e. The molecule has 0 aromatic heterocycles. The minimum absolute atomic E-state index is 0.0460. The van der Waals surface area contributed by atoms with Gasteiger partial charge in [0.15, 0.2) is 0 Å². The number of carbonyl (C=O) groups excluding carboxylic acids is 1. The number of piperidine rings is 1. The van der Waals surface area contributed by atoms with Gasteiger partial charge in [0.2, 0.25) is 15.9 Å². The van der Waals surface area contributed by atoms with E-state index < -0.39 is 10.0 Å². The molecule has 0 radical (unpaired) electrons. The summed E-state index contributed by atoms with van der Waals surface area (Å²) < 4.78 is 26.8. The van der Waals surface area contributed by atoms with Crippen LogP contribution in [0.4, 0.5) is 5.69 Å². The van der Waals surface area contributed by atoms with Crippen LogP contribution >= 0.6 is 11.6 Å². The molecule has 1 amide bonds. The fraction of sp³-hybridized carbons (Fsp3) is 0.350. The van der Waals surface area contributed by atoms with Crippen LogP contribution in [-0.2, 0) is 20.6 Å². The molecule has 1 fully saturated rings. The third-order valence-corrected chi connectivity index (χ3v) is 6.87. The van der Waals surface area contributed by atoms with E-state index in [1.54, 1.807) is 24.3 Å². The van der Waals surface area contributed by atoms with E-state index in [9.17, 15) is 13.2 Å². The summed E-state index contributed by atoms with van der Waals surface area (Å²) in [4.78, 5) is 12.5. The zero-order valence-corrected chi connectivity index (χ0v) is 16.8. The molecule has 1 aliphatic heterocycles. The maximum atomic E-state index is 12.6. The Morgan fingerprint density at radius 1 is 1.15 bits per heavy atom. The third-order valence-electron chi connectivity index (χ3n) is 4.77. The van der Waals surface area contributed by atoms with Crippen molar-refractivity contribution in [3.8, 4) is 0 Å². The molecule has 0 spiro atoms. The number of nitrogens with zero attached hydrogens (tertiary/aromatic N) is 1. The molecule has 27 heavy (non-hydrogen) atoms. The summed E-state index contributed by atoms with van der Waals surface area (Å²) in [6, 6.07) is 14.5. The SMILES string of the molecule is Cc1cccc(NC(=O)C2CCN(S(=O)(=O)Cc3ccc(Cl)cc3)CC2)c1. The van der Waals surface area contributed by atoms with Gasteiger partial charge in [-0.3, -0.25) is 4.79 Å². The Morgan fingerprint density at radius 2 is 1.81 bits per heavy atom. The maximum absolute atomic E-state index is 12.6. The second-order valence-electron chi connectivity index (χ2n) is 6.91. The molecule has 1 aliphatic rings. The first-order valence-electron chi connectivity index (χ1n) is 8.93. The number of amides is 1. The van der Waals surface area contributed by atoms with Crippen LogP contribution in [-0.4, -0.2) is 31.7 Å². The van der Waals surface area contributed by atoms with Crippen molar-refractivity contribution in [2.45, 2.75) is 25.5 Å². The number of rotatable bonds is 5. The number of hydrogen-bond donors (Lipinski definition) is 1. The van der Waals surface area contributed by atoms with Gasteiger partial charge in [0.1, 0.15) is 0 Å². The topological polar surface area (TPSA) is 66.5 Å². The van der Waals surface area contributed by atoms with Crippen LogP contribution in [0.25, 0.3) is 0 Å². The summed E-state index contributed by atoms with van der Waals surface area (Å²) in [6.45, 7) is 2.70. The highest BCUT2D eigenvalue weighted by Gasteiger charge is 2.31. The van der Waals surface area contributed by atoms with Gasteiger partial charge in [-0.1, -0.05) is 35.9 Å². The summed E-state index contributed by atoms with van der Waals surface area (Å²) in [5.41, 5.74) is 2.56. The summed E-state index contributed by atoms with van der Waals surface area (Å²) in [7, 11) is -3.40. The zero-order valence-electron chi connectivity index (χ0n) is 15.2. The molecule has 0 atom stereocenters. The fourth-order valence-electron chi connectivity index (χ4n) is 3.25. The Balaban J connectivity index is 1.56. The first kappa shape index (κ1) is 19.9. The minimum atomic E-state index is -3.40. The van der Waals surface area contributed by atoms with Crippen molar-refractivity contribution >= 4 is 33.2 Å². The lowest BCUT2D eigenvalue weighted by molar-refractivity contribution is -0.120. The van der Waals surface area contributed by atoms with Crippen LogP contribution in [0.5, 0.6) is 0 Å². The van der Waals surface area contributed by atoms with Crippen molar-refractivity contribution in [1.82, 2.24) is 4.31 Å². The van der Waals surface area contributed by atoms with Crippen LogP contribution in [0.3, 0.4) is 0 Å². The zero-order chi connectivity index (χ0) is 19.4. The number of anilines is 1. The van der Waals surface area contributed by atoms with Crippen LogP contribution in [0.1, 0.15) is 24.0 Å². The van der Waals surface area contributed by atoms with E-state index in [1.165, 1.54) is 4.31 Å². The van der Waals surface area contributed by atoms with Crippen molar-refractivity contribution in [1.29, 1.82) is 0 Å². The first-order valence-corrected chi connectivity index (χ1v) is 10.9. The summed E-state index contributed by atoms with van der Waals surface area (Å²) >= 11 is 5.85. The predicted octanol–water partition coefficient (Wildman–Crippen LogP) is 3.83. The number of sulfonamides is 1. The van der Waals surface area contributed by atoms with Gasteiger partial charge in [-0.05, 0) is 55.2 Å². The van der Waals surface area contributed by atoms with Crippen LogP contribution in [0.2, 0.25) is 5.02 Å². The molecule has 7 heteroatoms. The Hall–Kier alpha value is -1.89. The van der Waals surface area contributed by atoms with E-state index in [4.69, 9.17) is 11.6 Å². The molecule has 1 heterocycles. The van der Waals surface area contributed by atoms with Crippen molar-refractivity contribution in [2.24, 2.45) is 5.92 Å². The van der Waals surface area contributed by atoms with Gasteiger partial charge in [-0.2, -0.15) is 0 Å². The summed E-state index contributed by atoms with van der Waals surface area (Å²) in [6.07, 6.45) is 1.05. The molecule has 0 aliphatic carbocycles. The molecule has 3 rings (SSSR count). The van der Waals surface area contributed by atoms with E-state index >= 15 is 0 Å². The van der Waals surface area contributed by atoms with Gasteiger partial charge in [0.05, 0.1) is 5.75 Å². The van der Waals surface area contributed by atoms with Crippen LogP contribution < -0.4 is 5.32 Å². The summed E-state index contributed by atoms with van der Waals surface area (Å²) in [5, 5.41) is 3.51. The summed E-state index contributed by atoms with van der Waals surface area (Å²) in [5.74, 6) is -0.271. The number of aryl methyl sites for hydroxylation is 1. The van der Waals surface area contributed by atoms with Gasteiger partial charge in [0, 0.05) is 29.7 Å². The Bertz CT molecular complexity index is 905. The van der Waals surface area contributed by atoms with Gasteiger partial charge in [-0.25, -0.2) is 12.7 Å². The molecule has 5 nitrogen and oxygen atoms in total. The first-order chi connectivity index (χ1) is 12.8. The highest BCUT2D eigenvalue weighted by atomic mass is 35.5. The maximum Gasteiger partial charge on any atom is 0.227 e. The second kappa shape index (κ2) is 8.42. The average molecular weight is 407 g/mol. The van der Waals surface area contributed by atoms with Gasteiger partial charge < -0.3 is 5.32 Å². The van der Waals surface area contributed by atoms with Crippen LogP contribution in [0, 0.1) is 12.8 Å². The molecule has 144 valence electrons. The smallest absolute Gasteiger partial charge is 0.227 e. The fourth-order valence-corrected chi connectivity index (χ4v) is 4.94. The van der Waals surface area contributed by atoms with Crippen molar-refractivity contribution in [3.63, 3.8) is 0 Å². The highest BCUT2D eigenvalue weighted by Crippen LogP contribution is 2.23. The van der Waals surface area contributed by atoms with E-state index in [0.29, 0.717) is 36.5 Å². The molecule has 2 aromatic rings. The number of benzene rings is 2. The number of carbonyl (C=O) groups is 1. The van der Waals surface area contributed by atoms with Gasteiger partial charge in [0.25, 0.3) is 0 Å². The predicted molar refractivity (Wildman–Crippen MR) is 108 cm³/mol. The molecular formula is C20H23ClN2O3S. The molecule has 0 unspecified atom stereocenters. The molecular weight excluding hydrogens is 384 g/mol. The lowest BCUT2D eigenvalue weighted by Crippen LogP contribution is -2.41. The molecule has 1 N–H and O–H groups in total. The normalized spacial score (nSPS) is 16.2.